The zero-order valence-corrected chi connectivity index (χ0v) is 13.5. The molecule has 24 heavy (non-hydrogen) atoms. The summed E-state index contributed by atoms with van der Waals surface area (Å²) in [6.07, 6.45) is 2.46. The highest BCUT2D eigenvalue weighted by Crippen LogP contribution is 2.31. The van der Waals surface area contributed by atoms with E-state index in [0.29, 0.717) is 19.5 Å². The SMILES string of the molecule is Cc1nccc(-c2[nH]c3c(c2Cc2ccccc2)C(=O)CNC3)n1. The molecule has 120 valence electrons. The van der Waals surface area contributed by atoms with E-state index in [2.05, 4.69) is 32.4 Å². The second-order valence-corrected chi connectivity index (χ2v) is 6.01. The van der Waals surface area contributed by atoms with Crippen LogP contribution in [0.4, 0.5) is 0 Å². The smallest absolute Gasteiger partial charge is 0.178 e. The molecule has 0 saturated heterocycles. The van der Waals surface area contributed by atoms with E-state index in [1.807, 2.05) is 31.2 Å². The van der Waals surface area contributed by atoms with E-state index in [-0.39, 0.29) is 5.78 Å². The summed E-state index contributed by atoms with van der Waals surface area (Å²) < 4.78 is 0. The molecule has 0 atom stereocenters. The second kappa shape index (κ2) is 6.02. The molecule has 0 fully saturated rings. The number of carbonyl (C=O) groups is 1. The van der Waals surface area contributed by atoms with Crippen LogP contribution in [0.3, 0.4) is 0 Å². The molecule has 0 bridgehead atoms. The van der Waals surface area contributed by atoms with Crippen LogP contribution < -0.4 is 5.32 Å². The van der Waals surface area contributed by atoms with Crippen molar-refractivity contribution >= 4 is 5.78 Å². The van der Waals surface area contributed by atoms with E-state index in [1.165, 1.54) is 5.56 Å². The van der Waals surface area contributed by atoms with Gasteiger partial charge in [-0.05, 0) is 24.1 Å². The van der Waals surface area contributed by atoms with Gasteiger partial charge in [0.05, 0.1) is 17.9 Å². The van der Waals surface area contributed by atoms with E-state index in [1.54, 1.807) is 6.20 Å². The molecule has 0 radical (unpaired) electrons. The quantitative estimate of drug-likeness (QED) is 0.779. The second-order valence-electron chi connectivity index (χ2n) is 6.01. The number of carbonyl (C=O) groups excluding carboxylic acids is 1. The zero-order chi connectivity index (χ0) is 16.5. The molecule has 2 N–H and O–H groups in total. The van der Waals surface area contributed by atoms with Crippen molar-refractivity contribution in [3.05, 3.63) is 70.8 Å². The maximum absolute atomic E-state index is 12.5. The molecule has 4 rings (SSSR count). The van der Waals surface area contributed by atoms with Crippen molar-refractivity contribution in [3.63, 3.8) is 0 Å². The van der Waals surface area contributed by atoms with E-state index in [4.69, 9.17) is 0 Å². The van der Waals surface area contributed by atoms with E-state index in [0.717, 1.165) is 34.0 Å². The number of H-pyrrole nitrogens is 1. The molecule has 0 amide bonds. The van der Waals surface area contributed by atoms with Gasteiger partial charge in [0, 0.05) is 30.4 Å². The average Bonchev–Trinajstić information content (AvgIpc) is 2.96. The number of aromatic amines is 1. The lowest BCUT2D eigenvalue weighted by Gasteiger charge is -2.13. The van der Waals surface area contributed by atoms with Crippen molar-refractivity contribution in [2.45, 2.75) is 19.9 Å². The summed E-state index contributed by atoms with van der Waals surface area (Å²) in [6, 6.07) is 12.1. The summed E-state index contributed by atoms with van der Waals surface area (Å²) in [5.41, 5.74) is 5.73. The fourth-order valence-electron chi connectivity index (χ4n) is 3.25. The molecule has 0 saturated carbocycles. The lowest BCUT2D eigenvalue weighted by molar-refractivity contribution is 0.0981. The largest absolute Gasteiger partial charge is 0.355 e. The first-order valence-electron chi connectivity index (χ1n) is 8.04. The monoisotopic (exact) mass is 318 g/mol. The first kappa shape index (κ1) is 14.8. The maximum atomic E-state index is 12.5. The Morgan fingerprint density at radius 2 is 1.96 bits per heavy atom. The molecule has 3 aromatic rings. The van der Waals surface area contributed by atoms with Gasteiger partial charge >= 0.3 is 0 Å². The third kappa shape index (κ3) is 2.63. The van der Waals surface area contributed by atoms with Crippen LogP contribution in [0.1, 0.15) is 33.0 Å². The van der Waals surface area contributed by atoms with Gasteiger partial charge in [0.25, 0.3) is 0 Å². The molecule has 5 heteroatoms. The Labute approximate surface area is 140 Å². The van der Waals surface area contributed by atoms with Crippen molar-refractivity contribution in [1.82, 2.24) is 20.3 Å². The highest BCUT2D eigenvalue weighted by Gasteiger charge is 2.26. The van der Waals surface area contributed by atoms with Crippen LogP contribution in [0.2, 0.25) is 0 Å². The summed E-state index contributed by atoms with van der Waals surface area (Å²) >= 11 is 0. The Kier molecular flexibility index (Phi) is 3.70. The van der Waals surface area contributed by atoms with Crippen molar-refractivity contribution in [1.29, 1.82) is 0 Å². The minimum atomic E-state index is 0.135. The third-order valence-corrected chi connectivity index (χ3v) is 4.30. The summed E-state index contributed by atoms with van der Waals surface area (Å²) in [5, 5.41) is 3.14. The number of fused-ring (bicyclic) bond motifs is 1. The summed E-state index contributed by atoms with van der Waals surface area (Å²) in [4.78, 5) is 24.6. The van der Waals surface area contributed by atoms with E-state index < -0.39 is 0 Å². The van der Waals surface area contributed by atoms with Crippen molar-refractivity contribution in [2.75, 3.05) is 6.54 Å². The van der Waals surface area contributed by atoms with Crippen molar-refractivity contribution < 1.29 is 4.79 Å². The minimum absolute atomic E-state index is 0.135. The average molecular weight is 318 g/mol. The molecule has 0 aliphatic carbocycles. The Bertz CT molecular complexity index is 899. The molecular formula is C19H18N4O. The van der Waals surface area contributed by atoms with Gasteiger partial charge in [0.1, 0.15) is 5.82 Å². The van der Waals surface area contributed by atoms with Gasteiger partial charge in [-0.3, -0.25) is 4.79 Å². The Morgan fingerprint density at radius 3 is 2.75 bits per heavy atom. The van der Waals surface area contributed by atoms with Crippen LogP contribution >= 0.6 is 0 Å². The maximum Gasteiger partial charge on any atom is 0.178 e. The Hall–Kier alpha value is -2.79. The van der Waals surface area contributed by atoms with Crippen LogP contribution in [0.5, 0.6) is 0 Å². The number of ketones is 1. The van der Waals surface area contributed by atoms with Crippen molar-refractivity contribution in [2.24, 2.45) is 0 Å². The molecule has 1 aliphatic heterocycles. The first-order chi connectivity index (χ1) is 11.7. The first-order valence-corrected chi connectivity index (χ1v) is 8.04. The predicted molar refractivity (Wildman–Crippen MR) is 91.8 cm³/mol. The number of hydrogen-bond acceptors (Lipinski definition) is 4. The summed E-state index contributed by atoms with van der Waals surface area (Å²) in [6.45, 7) is 2.93. The summed E-state index contributed by atoms with van der Waals surface area (Å²) in [7, 11) is 0. The molecule has 0 unspecified atom stereocenters. The predicted octanol–water partition coefficient (Wildman–Crippen LogP) is 2.66. The fraction of sp³-hybridized carbons (Fsp3) is 0.211. The highest BCUT2D eigenvalue weighted by molar-refractivity contribution is 6.02. The third-order valence-electron chi connectivity index (χ3n) is 4.30. The van der Waals surface area contributed by atoms with Gasteiger partial charge in [-0.15, -0.1) is 0 Å². The van der Waals surface area contributed by atoms with Gasteiger partial charge < -0.3 is 10.3 Å². The topological polar surface area (TPSA) is 70.7 Å². The normalized spacial score (nSPS) is 13.8. The number of nitrogens with zero attached hydrogens (tertiary/aromatic N) is 2. The van der Waals surface area contributed by atoms with Crippen LogP contribution in [-0.4, -0.2) is 27.3 Å². The lowest BCUT2D eigenvalue weighted by atomic mass is 9.95. The van der Waals surface area contributed by atoms with Crippen molar-refractivity contribution in [3.8, 4) is 11.4 Å². The number of hydrogen-bond donors (Lipinski definition) is 2. The number of aromatic nitrogens is 3. The van der Waals surface area contributed by atoms with Crippen LogP contribution in [0, 0.1) is 6.92 Å². The Morgan fingerprint density at radius 1 is 1.12 bits per heavy atom. The highest BCUT2D eigenvalue weighted by atomic mass is 16.1. The van der Waals surface area contributed by atoms with Gasteiger partial charge in [0.2, 0.25) is 0 Å². The molecule has 5 nitrogen and oxygen atoms in total. The van der Waals surface area contributed by atoms with Gasteiger partial charge in [-0.25, -0.2) is 9.97 Å². The van der Waals surface area contributed by atoms with E-state index in [9.17, 15) is 4.79 Å². The van der Waals surface area contributed by atoms with Gasteiger partial charge in [0.15, 0.2) is 5.78 Å². The number of nitrogens with one attached hydrogen (secondary N) is 2. The van der Waals surface area contributed by atoms with Crippen LogP contribution in [-0.2, 0) is 13.0 Å². The standard InChI is InChI=1S/C19H18N4O/c1-12-21-8-7-15(22-12)19-14(9-13-5-3-2-4-6-13)18-16(23-19)10-20-11-17(18)24/h2-8,20,23H,9-11H2,1H3. The number of Topliss-reactive ketones (excluding diaryl/α,β-unsaturated/α-hetero) is 1. The molecular weight excluding hydrogens is 300 g/mol. The molecule has 1 aliphatic rings. The number of aryl methyl sites for hydroxylation is 1. The van der Waals surface area contributed by atoms with Gasteiger partial charge in [-0.2, -0.15) is 0 Å². The Balaban J connectivity index is 1.88. The fourth-order valence-corrected chi connectivity index (χ4v) is 3.25. The zero-order valence-electron chi connectivity index (χ0n) is 13.5. The minimum Gasteiger partial charge on any atom is -0.355 e. The molecule has 0 spiro atoms. The van der Waals surface area contributed by atoms with Crippen LogP contribution in [0.15, 0.2) is 42.6 Å². The number of benzene rings is 1. The van der Waals surface area contributed by atoms with Crippen LogP contribution in [0.25, 0.3) is 11.4 Å². The van der Waals surface area contributed by atoms with Gasteiger partial charge in [-0.1, -0.05) is 30.3 Å². The molecule has 2 aromatic heterocycles. The van der Waals surface area contributed by atoms with E-state index >= 15 is 0 Å². The molecule has 1 aromatic carbocycles. The molecule has 3 heterocycles. The number of rotatable bonds is 3. The lowest BCUT2D eigenvalue weighted by Crippen LogP contribution is -2.29. The summed E-state index contributed by atoms with van der Waals surface area (Å²) in [5.74, 6) is 0.852.